The van der Waals surface area contributed by atoms with E-state index in [1.165, 1.54) is 18.4 Å². The Bertz CT molecular complexity index is 1080. The Morgan fingerprint density at radius 1 is 1.25 bits per heavy atom. The topological polar surface area (TPSA) is 67.2 Å². The van der Waals surface area contributed by atoms with Gasteiger partial charge in [-0.25, -0.2) is 4.98 Å². The van der Waals surface area contributed by atoms with Crippen molar-refractivity contribution in [2.45, 2.75) is 0 Å². The van der Waals surface area contributed by atoms with Crippen LogP contribution in [0.1, 0.15) is 5.01 Å². The molecule has 1 N–H and O–H groups in total. The summed E-state index contributed by atoms with van der Waals surface area (Å²) in [6.07, 6.45) is 1.59. The number of aromatic nitrogens is 1. The zero-order chi connectivity index (χ0) is 20.1. The molecule has 0 unspecified atom stereocenters. The van der Waals surface area contributed by atoms with E-state index in [0.29, 0.717) is 32.8 Å². The highest BCUT2D eigenvalue weighted by atomic mass is 79.9. The summed E-state index contributed by atoms with van der Waals surface area (Å²) in [7, 11) is 3.08. The van der Waals surface area contributed by atoms with Crippen LogP contribution in [0.25, 0.3) is 16.8 Å². The van der Waals surface area contributed by atoms with Gasteiger partial charge in [0, 0.05) is 33.7 Å². The third-order valence-corrected chi connectivity index (χ3v) is 5.49. The Balaban J connectivity index is 1.89. The van der Waals surface area contributed by atoms with Gasteiger partial charge in [-0.3, -0.25) is 0 Å². The number of methoxy groups -OCH3 is 2. The molecule has 1 aromatic heterocycles. The number of allylic oxidation sites excluding steroid dienone is 1. The molecule has 0 aliphatic carbocycles. The minimum atomic E-state index is 0.405. The standard InChI is InChI=1S/C20H15BrClN3O2S/c1-26-18-8-16(19(27-2)7-15(18)22)24-10-13(9-23)20-25-17(11-28-20)12-4-3-5-14(21)6-12/h3-8,10-11,24H,1-2H3/b13-10-. The first-order chi connectivity index (χ1) is 13.5. The fraction of sp³-hybridized carbons (Fsp3) is 0.100. The fourth-order valence-electron chi connectivity index (χ4n) is 2.44. The average molecular weight is 477 g/mol. The van der Waals surface area contributed by atoms with E-state index in [4.69, 9.17) is 21.1 Å². The minimum Gasteiger partial charge on any atom is -0.495 e. The van der Waals surface area contributed by atoms with E-state index in [9.17, 15) is 5.26 Å². The predicted octanol–water partition coefficient (Wildman–Crippen LogP) is 6.22. The molecule has 3 aromatic rings. The molecule has 0 fully saturated rings. The van der Waals surface area contributed by atoms with Crippen molar-refractivity contribution in [1.82, 2.24) is 4.98 Å². The van der Waals surface area contributed by atoms with Crippen LogP contribution in [-0.4, -0.2) is 19.2 Å². The summed E-state index contributed by atoms with van der Waals surface area (Å²) in [4.78, 5) is 4.59. The Labute approximate surface area is 180 Å². The van der Waals surface area contributed by atoms with Crippen LogP contribution in [-0.2, 0) is 0 Å². The zero-order valence-electron chi connectivity index (χ0n) is 15.0. The molecule has 0 atom stereocenters. The van der Waals surface area contributed by atoms with Crippen molar-refractivity contribution in [3.8, 4) is 28.8 Å². The maximum atomic E-state index is 9.58. The van der Waals surface area contributed by atoms with Crippen molar-refractivity contribution in [2.24, 2.45) is 0 Å². The molecular weight excluding hydrogens is 462 g/mol. The van der Waals surface area contributed by atoms with Gasteiger partial charge in [0.15, 0.2) is 0 Å². The Morgan fingerprint density at radius 2 is 2.04 bits per heavy atom. The lowest BCUT2D eigenvalue weighted by Crippen LogP contribution is -1.96. The Kier molecular flexibility index (Phi) is 6.57. The van der Waals surface area contributed by atoms with E-state index in [1.807, 2.05) is 29.6 Å². The predicted molar refractivity (Wildman–Crippen MR) is 117 cm³/mol. The lowest BCUT2D eigenvalue weighted by Gasteiger charge is -2.12. The van der Waals surface area contributed by atoms with Gasteiger partial charge in [0.05, 0.1) is 30.6 Å². The van der Waals surface area contributed by atoms with Gasteiger partial charge < -0.3 is 14.8 Å². The van der Waals surface area contributed by atoms with Crippen LogP contribution < -0.4 is 14.8 Å². The van der Waals surface area contributed by atoms with Gasteiger partial charge in [-0.15, -0.1) is 11.3 Å². The number of nitrogens with one attached hydrogen (secondary N) is 1. The SMILES string of the molecule is COc1cc(N/C=C(/C#N)c2nc(-c3cccc(Br)c3)cs2)c(OC)cc1Cl. The van der Waals surface area contributed by atoms with Crippen LogP contribution in [0.4, 0.5) is 5.69 Å². The van der Waals surface area contributed by atoms with Crippen LogP contribution >= 0.6 is 38.9 Å². The molecule has 5 nitrogen and oxygen atoms in total. The van der Waals surface area contributed by atoms with Crippen LogP contribution in [0.5, 0.6) is 11.5 Å². The number of nitriles is 1. The highest BCUT2D eigenvalue weighted by Gasteiger charge is 2.12. The molecule has 0 aliphatic heterocycles. The van der Waals surface area contributed by atoms with Gasteiger partial charge in [-0.2, -0.15) is 5.26 Å². The molecule has 1 heterocycles. The Morgan fingerprint density at radius 3 is 2.71 bits per heavy atom. The molecule has 8 heteroatoms. The second-order valence-electron chi connectivity index (χ2n) is 5.55. The number of benzene rings is 2. The summed E-state index contributed by atoms with van der Waals surface area (Å²) in [5.41, 5.74) is 2.82. The maximum Gasteiger partial charge on any atom is 0.144 e. The fourth-order valence-corrected chi connectivity index (χ4v) is 3.87. The number of anilines is 1. The summed E-state index contributed by atoms with van der Waals surface area (Å²) in [5.74, 6) is 1.04. The summed E-state index contributed by atoms with van der Waals surface area (Å²) >= 11 is 11.0. The summed E-state index contributed by atoms with van der Waals surface area (Å²) in [6.45, 7) is 0. The quantitative estimate of drug-likeness (QED) is 0.428. The van der Waals surface area contributed by atoms with Crippen molar-refractivity contribution < 1.29 is 9.47 Å². The normalized spacial score (nSPS) is 11.0. The number of hydrogen-bond acceptors (Lipinski definition) is 6. The molecule has 2 aromatic carbocycles. The molecule has 0 saturated carbocycles. The van der Waals surface area contributed by atoms with E-state index in [-0.39, 0.29) is 0 Å². The Hall–Kier alpha value is -2.53. The second-order valence-corrected chi connectivity index (χ2v) is 7.73. The van der Waals surface area contributed by atoms with E-state index in [0.717, 1.165) is 15.7 Å². The first kappa shape index (κ1) is 20.2. The average Bonchev–Trinajstić information content (AvgIpc) is 3.19. The number of rotatable bonds is 6. The second kappa shape index (κ2) is 9.11. The van der Waals surface area contributed by atoms with E-state index in [1.54, 1.807) is 25.4 Å². The van der Waals surface area contributed by atoms with Crippen molar-refractivity contribution in [1.29, 1.82) is 5.26 Å². The summed E-state index contributed by atoms with van der Waals surface area (Å²) in [5, 5.41) is 15.6. The number of nitrogens with zero attached hydrogens (tertiary/aromatic N) is 2. The molecule has 0 amide bonds. The number of halogens is 2. The lowest BCUT2D eigenvalue weighted by atomic mass is 10.2. The van der Waals surface area contributed by atoms with E-state index < -0.39 is 0 Å². The molecule has 0 bridgehead atoms. The summed E-state index contributed by atoms with van der Waals surface area (Å²) in [6, 6.07) is 13.4. The van der Waals surface area contributed by atoms with Crippen molar-refractivity contribution in [2.75, 3.05) is 19.5 Å². The van der Waals surface area contributed by atoms with Gasteiger partial charge in [-0.1, -0.05) is 39.7 Å². The molecule has 142 valence electrons. The van der Waals surface area contributed by atoms with Crippen LogP contribution in [0.2, 0.25) is 5.02 Å². The van der Waals surface area contributed by atoms with Gasteiger partial charge >= 0.3 is 0 Å². The molecular formula is C20H15BrClN3O2S. The third-order valence-electron chi connectivity index (χ3n) is 3.82. The number of ether oxygens (including phenoxy) is 2. The maximum absolute atomic E-state index is 9.58. The monoisotopic (exact) mass is 475 g/mol. The highest BCUT2D eigenvalue weighted by molar-refractivity contribution is 9.10. The third kappa shape index (κ3) is 4.47. The van der Waals surface area contributed by atoms with E-state index in [2.05, 4.69) is 32.3 Å². The molecule has 28 heavy (non-hydrogen) atoms. The molecule has 0 radical (unpaired) electrons. The van der Waals surface area contributed by atoms with Crippen molar-refractivity contribution in [3.05, 3.63) is 62.5 Å². The largest absolute Gasteiger partial charge is 0.495 e. The van der Waals surface area contributed by atoms with Gasteiger partial charge in [0.1, 0.15) is 28.1 Å². The van der Waals surface area contributed by atoms with Crippen molar-refractivity contribution in [3.63, 3.8) is 0 Å². The minimum absolute atomic E-state index is 0.405. The van der Waals surface area contributed by atoms with Gasteiger partial charge in [-0.05, 0) is 12.1 Å². The van der Waals surface area contributed by atoms with Gasteiger partial charge in [0.25, 0.3) is 0 Å². The molecule has 0 spiro atoms. The van der Waals surface area contributed by atoms with Crippen molar-refractivity contribution >= 4 is 50.1 Å². The first-order valence-corrected chi connectivity index (χ1v) is 10.1. The van der Waals surface area contributed by atoms with Crippen LogP contribution in [0, 0.1) is 11.3 Å². The first-order valence-electron chi connectivity index (χ1n) is 8.06. The van der Waals surface area contributed by atoms with E-state index >= 15 is 0 Å². The number of hydrogen-bond donors (Lipinski definition) is 1. The number of thiazole rings is 1. The molecule has 0 aliphatic rings. The van der Waals surface area contributed by atoms with Gasteiger partial charge in [0.2, 0.25) is 0 Å². The van der Waals surface area contributed by atoms with Crippen LogP contribution in [0.3, 0.4) is 0 Å². The zero-order valence-corrected chi connectivity index (χ0v) is 18.2. The molecule has 0 saturated heterocycles. The summed E-state index contributed by atoms with van der Waals surface area (Å²) < 4.78 is 11.5. The smallest absolute Gasteiger partial charge is 0.144 e. The van der Waals surface area contributed by atoms with Crippen LogP contribution in [0.15, 0.2) is 52.5 Å². The molecule has 3 rings (SSSR count). The lowest BCUT2D eigenvalue weighted by molar-refractivity contribution is 0.405. The highest BCUT2D eigenvalue weighted by Crippen LogP contribution is 2.36.